The first-order chi connectivity index (χ1) is 12.0. The third kappa shape index (κ3) is 2.36. The molecule has 1 aromatic carbocycles. The molecule has 0 saturated heterocycles. The van der Waals surface area contributed by atoms with Gasteiger partial charge in [-0.3, -0.25) is 4.84 Å². The van der Waals surface area contributed by atoms with E-state index in [-0.39, 0.29) is 36.1 Å². The lowest BCUT2D eigenvalue weighted by Crippen LogP contribution is -2.20. The molecule has 0 radical (unpaired) electrons. The minimum atomic E-state index is -0.992. The minimum Gasteiger partial charge on any atom is -0.492 e. The molecule has 0 fully saturated rings. The third-order valence-electron chi connectivity index (χ3n) is 5.13. The molecule has 2 bridgehead atoms. The Morgan fingerprint density at radius 1 is 1.08 bits per heavy atom. The number of ether oxygens (including phenoxy) is 1. The van der Waals surface area contributed by atoms with Gasteiger partial charge in [-0.1, -0.05) is 48.9 Å². The van der Waals surface area contributed by atoms with E-state index in [4.69, 9.17) is 9.57 Å². The van der Waals surface area contributed by atoms with E-state index in [1.54, 1.807) is 0 Å². The van der Waals surface area contributed by atoms with Gasteiger partial charge < -0.3 is 14.9 Å². The predicted molar refractivity (Wildman–Crippen MR) is 89.5 cm³/mol. The van der Waals surface area contributed by atoms with Gasteiger partial charge in [0.15, 0.2) is 0 Å². The second kappa shape index (κ2) is 5.58. The minimum absolute atomic E-state index is 0.0272. The Bertz CT molecular complexity index is 827. The zero-order valence-corrected chi connectivity index (χ0v) is 14.0. The molecule has 0 aliphatic heterocycles. The predicted octanol–water partition coefficient (Wildman–Crippen LogP) is 3.36. The summed E-state index contributed by atoms with van der Waals surface area (Å²) in [4.78, 5) is 16.9. The molecule has 1 heterocycles. The highest BCUT2D eigenvalue weighted by Gasteiger charge is 2.47. The maximum Gasteiger partial charge on any atom is 0.534 e. The summed E-state index contributed by atoms with van der Waals surface area (Å²) in [6.45, 7) is 4.08. The maximum atomic E-state index is 11.9. The molecule has 6 nitrogen and oxygen atoms in total. The van der Waals surface area contributed by atoms with Gasteiger partial charge in [-0.05, 0) is 18.4 Å². The summed E-state index contributed by atoms with van der Waals surface area (Å²) in [6, 6.07) is 7.54. The van der Waals surface area contributed by atoms with Crippen LogP contribution in [0.4, 0.5) is 4.79 Å². The summed E-state index contributed by atoms with van der Waals surface area (Å²) in [5.74, 6) is -0.157. The van der Waals surface area contributed by atoms with Crippen molar-refractivity contribution in [2.24, 2.45) is 5.92 Å². The zero-order valence-electron chi connectivity index (χ0n) is 14.0. The Balaban J connectivity index is 1.48. The van der Waals surface area contributed by atoms with E-state index in [1.807, 2.05) is 43.3 Å². The van der Waals surface area contributed by atoms with Crippen LogP contribution in [0.15, 0.2) is 36.4 Å². The van der Waals surface area contributed by atoms with Crippen LogP contribution in [0.5, 0.6) is 11.8 Å². The SMILES string of the molecule is Cc1ccc(COC(=O)On2c(O)c3c(c2O)C2C=CC3C2C)cc1. The number of benzene rings is 1. The number of fused-ring (bicyclic) bond motifs is 5. The van der Waals surface area contributed by atoms with Gasteiger partial charge in [0, 0.05) is 23.0 Å². The number of aromatic hydroxyl groups is 2. The lowest BCUT2D eigenvalue weighted by Gasteiger charge is -2.13. The number of carbonyl (C=O) groups excluding carboxylic acids is 1. The van der Waals surface area contributed by atoms with Crippen molar-refractivity contribution in [2.75, 3.05) is 0 Å². The Kier molecular flexibility index (Phi) is 3.49. The molecule has 1 aromatic heterocycles. The number of aryl methyl sites for hydroxylation is 1. The summed E-state index contributed by atoms with van der Waals surface area (Å²) in [6.07, 6.45) is 3.03. The highest BCUT2D eigenvalue weighted by atomic mass is 16.8. The fourth-order valence-corrected chi connectivity index (χ4v) is 3.76. The van der Waals surface area contributed by atoms with Gasteiger partial charge in [0.25, 0.3) is 0 Å². The van der Waals surface area contributed by atoms with E-state index >= 15 is 0 Å². The largest absolute Gasteiger partial charge is 0.534 e. The number of allylic oxidation sites excluding steroid dienone is 2. The van der Waals surface area contributed by atoms with Gasteiger partial charge in [-0.2, -0.15) is 0 Å². The summed E-state index contributed by atoms with van der Waals surface area (Å²) in [7, 11) is 0. The number of carbonyl (C=O) groups is 1. The summed E-state index contributed by atoms with van der Waals surface area (Å²) >= 11 is 0. The van der Waals surface area contributed by atoms with Crippen molar-refractivity contribution >= 4 is 6.16 Å². The first-order valence-corrected chi connectivity index (χ1v) is 8.22. The molecule has 2 N–H and O–H groups in total. The third-order valence-corrected chi connectivity index (χ3v) is 5.13. The molecule has 2 unspecified atom stereocenters. The first kappa shape index (κ1) is 15.6. The maximum absolute atomic E-state index is 11.9. The van der Waals surface area contributed by atoms with E-state index in [1.165, 1.54) is 0 Å². The Labute approximate surface area is 144 Å². The van der Waals surface area contributed by atoms with Crippen molar-refractivity contribution in [3.63, 3.8) is 0 Å². The van der Waals surface area contributed by atoms with E-state index < -0.39 is 6.16 Å². The number of hydrogen-bond donors (Lipinski definition) is 2. The van der Waals surface area contributed by atoms with Crippen LogP contribution in [0.2, 0.25) is 0 Å². The molecular weight excluding hydrogens is 322 g/mol. The van der Waals surface area contributed by atoms with Gasteiger partial charge in [0.1, 0.15) is 6.61 Å². The van der Waals surface area contributed by atoms with Crippen LogP contribution in [-0.4, -0.2) is 21.1 Å². The molecule has 6 heteroatoms. The van der Waals surface area contributed by atoms with E-state index in [2.05, 4.69) is 6.92 Å². The number of nitrogens with zero attached hydrogens (tertiary/aromatic N) is 1. The van der Waals surface area contributed by atoms with Crippen LogP contribution in [0.3, 0.4) is 0 Å². The quantitative estimate of drug-likeness (QED) is 0.661. The van der Waals surface area contributed by atoms with Crippen LogP contribution in [0.1, 0.15) is 41.0 Å². The van der Waals surface area contributed by atoms with Gasteiger partial charge in [0.05, 0.1) is 0 Å². The smallest absolute Gasteiger partial charge is 0.492 e. The van der Waals surface area contributed by atoms with Crippen molar-refractivity contribution in [1.29, 1.82) is 0 Å². The normalized spacial score (nSPS) is 22.9. The average Bonchev–Trinajstić information content (AvgIpc) is 3.18. The van der Waals surface area contributed by atoms with Crippen molar-refractivity contribution in [3.8, 4) is 11.8 Å². The second-order valence-electron chi connectivity index (χ2n) is 6.68. The van der Waals surface area contributed by atoms with Gasteiger partial charge in [-0.15, -0.1) is 4.73 Å². The lowest BCUT2D eigenvalue weighted by atomic mass is 9.96. The molecule has 0 amide bonds. The molecule has 2 aliphatic carbocycles. The standard InChI is InChI=1S/C19H19NO5/c1-10-3-5-12(6-4-10)9-24-19(23)25-20-17(21)15-13-7-8-14(11(13)2)16(15)18(20)22/h3-8,11,13-14,21-22H,9H2,1-2H3. The van der Waals surface area contributed by atoms with Crippen LogP contribution in [-0.2, 0) is 11.3 Å². The molecule has 0 saturated carbocycles. The molecule has 4 rings (SSSR count). The Hall–Kier alpha value is -2.89. The Morgan fingerprint density at radius 3 is 2.20 bits per heavy atom. The number of rotatable bonds is 3. The second-order valence-corrected chi connectivity index (χ2v) is 6.68. The molecule has 25 heavy (non-hydrogen) atoms. The molecule has 0 spiro atoms. The topological polar surface area (TPSA) is 80.9 Å². The van der Waals surface area contributed by atoms with E-state index in [9.17, 15) is 15.0 Å². The highest BCUT2D eigenvalue weighted by molar-refractivity contribution is 5.63. The van der Waals surface area contributed by atoms with Crippen molar-refractivity contribution in [3.05, 3.63) is 58.7 Å². The Morgan fingerprint density at radius 2 is 1.64 bits per heavy atom. The summed E-state index contributed by atoms with van der Waals surface area (Å²) < 4.78 is 5.80. The van der Waals surface area contributed by atoms with Crippen molar-refractivity contribution in [2.45, 2.75) is 32.3 Å². The van der Waals surface area contributed by atoms with Crippen LogP contribution >= 0.6 is 0 Å². The molecule has 130 valence electrons. The monoisotopic (exact) mass is 341 g/mol. The number of hydrogen-bond acceptors (Lipinski definition) is 5. The van der Waals surface area contributed by atoms with Crippen LogP contribution in [0.25, 0.3) is 0 Å². The average molecular weight is 341 g/mol. The van der Waals surface area contributed by atoms with Crippen LogP contribution in [0, 0.1) is 12.8 Å². The molecular formula is C19H19NO5. The van der Waals surface area contributed by atoms with Gasteiger partial charge in [0.2, 0.25) is 11.8 Å². The number of aromatic nitrogens is 1. The summed E-state index contributed by atoms with van der Waals surface area (Å²) in [5.41, 5.74) is 3.19. The molecule has 2 atom stereocenters. The van der Waals surface area contributed by atoms with E-state index in [0.717, 1.165) is 15.9 Å². The van der Waals surface area contributed by atoms with Crippen molar-refractivity contribution in [1.82, 2.24) is 4.73 Å². The lowest BCUT2D eigenvalue weighted by molar-refractivity contribution is 0.0304. The molecule has 2 aliphatic rings. The van der Waals surface area contributed by atoms with Crippen molar-refractivity contribution < 1.29 is 24.6 Å². The fraction of sp³-hybridized carbons (Fsp3) is 0.316. The molecule has 2 aromatic rings. The highest BCUT2D eigenvalue weighted by Crippen LogP contribution is 2.59. The fourth-order valence-electron chi connectivity index (χ4n) is 3.76. The van der Waals surface area contributed by atoms with Gasteiger partial charge in [-0.25, -0.2) is 4.79 Å². The zero-order chi connectivity index (χ0) is 17.7. The summed E-state index contributed by atoms with van der Waals surface area (Å²) in [5, 5.41) is 20.7. The van der Waals surface area contributed by atoms with Gasteiger partial charge >= 0.3 is 6.16 Å². The van der Waals surface area contributed by atoms with Crippen LogP contribution < -0.4 is 4.84 Å². The van der Waals surface area contributed by atoms with E-state index in [0.29, 0.717) is 11.1 Å². The first-order valence-electron chi connectivity index (χ1n) is 8.22.